The van der Waals surface area contributed by atoms with Crippen molar-refractivity contribution >= 4 is 11.8 Å². The van der Waals surface area contributed by atoms with Gasteiger partial charge in [-0.2, -0.15) is 0 Å². The van der Waals surface area contributed by atoms with Gasteiger partial charge in [0.2, 0.25) is 0 Å². The Labute approximate surface area is 200 Å². The van der Waals surface area contributed by atoms with Gasteiger partial charge in [0, 0.05) is 19.3 Å². The number of hydrogen-bond donors (Lipinski definition) is 1. The van der Waals surface area contributed by atoms with E-state index in [2.05, 4.69) is 25.7 Å². The molecule has 1 N–H and O–H groups in total. The topological polar surface area (TPSA) is 63.6 Å². The normalized spacial score (nSPS) is 44.0. The molecule has 0 saturated heterocycles. The SMILES string of the molecule is CC(=O)OCCCCC#C[C@@]1(O)CC[C@@]2(C)[C@H](CC[C@@H]3[C@@H]2CC[C@]2(C)[C@@H](C(C)=O)CC[C@@H]32)C1. The highest BCUT2D eigenvalue weighted by molar-refractivity contribution is 5.79. The lowest BCUT2D eigenvalue weighted by molar-refractivity contribution is -0.144. The third-order valence-corrected chi connectivity index (χ3v) is 10.5. The molecule has 4 aliphatic carbocycles. The van der Waals surface area contributed by atoms with E-state index >= 15 is 0 Å². The number of Topliss-reactive ketones (excluding diaryl/α,β-unsaturated/α-hetero) is 1. The monoisotopic (exact) mass is 456 g/mol. The smallest absolute Gasteiger partial charge is 0.302 e. The van der Waals surface area contributed by atoms with Crippen LogP contribution < -0.4 is 0 Å². The van der Waals surface area contributed by atoms with Crippen LogP contribution in [0.15, 0.2) is 0 Å². The number of esters is 1. The van der Waals surface area contributed by atoms with Crippen molar-refractivity contribution in [1.29, 1.82) is 0 Å². The maximum Gasteiger partial charge on any atom is 0.302 e. The van der Waals surface area contributed by atoms with Gasteiger partial charge in [-0.15, -0.1) is 5.92 Å². The average molecular weight is 457 g/mol. The zero-order chi connectivity index (χ0) is 23.9. The van der Waals surface area contributed by atoms with Crippen molar-refractivity contribution in [2.45, 2.75) is 110 Å². The molecule has 0 aliphatic heterocycles. The molecule has 4 saturated carbocycles. The van der Waals surface area contributed by atoms with Crippen molar-refractivity contribution in [3.63, 3.8) is 0 Å². The molecule has 4 aliphatic rings. The first-order valence-corrected chi connectivity index (χ1v) is 13.5. The number of carbonyl (C=O) groups excluding carboxylic acids is 2. The van der Waals surface area contributed by atoms with Crippen LogP contribution in [0.2, 0.25) is 0 Å². The third-order valence-electron chi connectivity index (χ3n) is 10.5. The predicted molar refractivity (Wildman–Crippen MR) is 129 cm³/mol. The Bertz CT molecular complexity index is 823. The van der Waals surface area contributed by atoms with Gasteiger partial charge in [-0.05, 0) is 112 Å². The van der Waals surface area contributed by atoms with E-state index < -0.39 is 5.60 Å². The zero-order valence-corrected chi connectivity index (χ0v) is 21.3. The fraction of sp³-hybridized carbons (Fsp3) is 0.862. The van der Waals surface area contributed by atoms with E-state index in [9.17, 15) is 14.7 Å². The van der Waals surface area contributed by atoms with Crippen LogP contribution in [0.3, 0.4) is 0 Å². The Morgan fingerprint density at radius 1 is 0.939 bits per heavy atom. The van der Waals surface area contributed by atoms with Crippen molar-refractivity contribution in [2.75, 3.05) is 6.61 Å². The molecule has 0 aromatic heterocycles. The number of fused-ring (bicyclic) bond motifs is 5. The second-order valence-corrected chi connectivity index (χ2v) is 12.3. The van der Waals surface area contributed by atoms with Gasteiger partial charge < -0.3 is 9.84 Å². The molecule has 33 heavy (non-hydrogen) atoms. The summed E-state index contributed by atoms with van der Waals surface area (Å²) in [4.78, 5) is 23.2. The molecule has 0 bridgehead atoms. The minimum atomic E-state index is -0.844. The van der Waals surface area contributed by atoms with Gasteiger partial charge in [0.05, 0.1) is 6.61 Å². The second-order valence-electron chi connectivity index (χ2n) is 12.3. The summed E-state index contributed by atoms with van der Waals surface area (Å²) in [5, 5.41) is 11.3. The molecular weight excluding hydrogens is 412 g/mol. The first-order chi connectivity index (χ1) is 15.6. The van der Waals surface area contributed by atoms with Gasteiger partial charge in [-0.25, -0.2) is 0 Å². The fourth-order valence-corrected chi connectivity index (χ4v) is 8.79. The highest BCUT2D eigenvalue weighted by atomic mass is 16.5. The fourth-order valence-electron chi connectivity index (χ4n) is 8.79. The highest BCUT2D eigenvalue weighted by Gasteiger charge is 2.61. The summed E-state index contributed by atoms with van der Waals surface area (Å²) >= 11 is 0. The van der Waals surface area contributed by atoms with E-state index in [4.69, 9.17) is 4.74 Å². The lowest BCUT2D eigenvalue weighted by Gasteiger charge is -2.61. The van der Waals surface area contributed by atoms with E-state index in [0.29, 0.717) is 29.6 Å². The quantitative estimate of drug-likeness (QED) is 0.327. The van der Waals surface area contributed by atoms with Crippen molar-refractivity contribution in [2.24, 2.45) is 40.4 Å². The first kappa shape index (κ1) is 24.8. The number of ether oxygens (including phenoxy) is 1. The summed E-state index contributed by atoms with van der Waals surface area (Å²) in [7, 11) is 0. The lowest BCUT2D eigenvalue weighted by atomic mass is 9.44. The standard InChI is InChI=1S/C29H44O4/c1-20(30)24-11-12-25-23-10-9-22-19-29(32,14-7-5-6-8-18-33-21(2)31)17-16-27(22,3)26(23)13-15-28(24,25)4/h22-26,32H,5-6,8-13,15-19H2,1-4H3/t22-,23+,24-,25+,26+,27+,28-,29-/m1/s1. The van der Waals surface area contributed by atoms with Crippen LogP contribution in [-0.2, 0) is 14.3 Å². The largest absolute Gasteiger partial charge is 0.466 e. The summed E-state index contributed by atoms with van der Waals surface area (Å²) in [5.41, 5.74) is -0.327. The number of rotatable bonds is 5. The van der Waals surface area contributed by atoms with Crippen LogP contribution in [0.5, 0.6) is 0 Å². The van der Waals surface area contributed by atoms with Crippen molar-refractivity contribution < 1.29 is 19.4 Å². The number of unbranched alkanes of at least 4 members (excludes halogenated alkanes) is 2. The van der Waals surface area contributed by atoms with Crippen LogP contribution in [0.25, 0.3) is 0 Å². The first-order valence-electron chi connectivity index (χ1n) is 13.5. The van der Waals surface area contributed by atoms with Crippen LogP contribution in [-0.4, -0.2) is 29.1 Å². The van der Waals surface area contributed by atoms with Crippen molar-refractivity contribution in [1.82, 2.24) is 0 Å². The van der Waals surface area contributed by atoms with Crippen LogP contribution >= 0.6 is 0 Å². The van der Waals surface area contributed by atoms with Gasteiger partial charge in [-0.3, -0.25) is 9.59 Å². The minimum Gasteiger partial charge on any atom is -0.466 e. The Kier molecular flexibility index (Phi) is 7.03. The summed E-state index contributed by atoms with van der Waals surface area (Å²) in [5.74, 6) is 9.66. The van der Waals surface area contributed by atoms with Crippen molar-refractivity contribution in [3.8, 4) is 11.8 Å². The van der Waals surface area contributed by atoms with E-state index in [0.717, 1.165) is 56.8 Å². The number of ketones is 1. The van der Waals surface area contributed by atoms with Crippen LogP contribution in [0.1, 0.15) is 105 Å². The molecule has 0 aromatic carbocycles. The zero-order valence-electron chi connectivity index (χ0n) is 21.3. The molecule has 4 heteroatoms. The average Bonchev–Trinajstić information content (AvgIpc) is 3.11. The Morgan fingerprint density at radius 2 is 1.70 bits per heavy atom. The molecule has 0 heterocycles. The third kappa shape index (κ3) is 4.64. The summed E-state index contributed by atoms with van der Waals surface area (Å²) in [6, 6.07) is 0. The Balaban J connectivity index is 1.37. The number of carbonyl (C=O) groups is 2. The van der Waals surface area contributed by atoms with Gasteiger partial charge >= 0.3 is 5.97 Å². The van der Waals surface area contributed by atoms with Crippen LogP contribution in [0, 0.1) is 52.3 Å². The number of aliphatic hydroxyl groups is 1. The van der Waals surface area contributed by atoms with Crippen LogP contribution in [0.4, 0.5) is 0 Å². The van der Waals surface area contributed by atoms with Gasteiger partial charge in [0.1, 0.15) is 11.4 Å². The second kappa shape index (κ2) is 9.37. The molecular formula is C29H44O4. The maximum atomic E-state index is 12.4. The Morgan fingerprint density at radius 3 is 2.42 bits per heavy atom. The summed E-state index contributed by atoms with van der Waals surface area (Å²) in [6.07, 6.45) is 12.3. The maximum absolute atomic E-state index is 12.4. The summed E-state index contributed by atoms with van der Waals surface area (Å²) < 4.78 is 4.97. The molecule has 4 rings (SSSR count). The molecule has 8 atom stereocenters. The molecule has 0 aromatic rings. The summed E-state index contributed by atoms with van der Waals surface area (Å²) in [6.45, 7) is 8.63. The lowest BCUT2D eigenvalue weighted by Crippen LogP contribution is -2.56. The Hall–Kier alpha value is -1.34. The molecule has 0 radical (unpaired) electrons. The van der Waals surface area contributed by atoms with E-state index in [1.807, 2.05) is 6.92 Å². The van der Waals surface area contributed by atoms with Gasteiger partial charge in [-0.1, -0.05) is 19.8 Å². The van der Waals surface area contributed by atoms with Gasteiger partial charge in [0.25, 0.3) is 0 Å². The predicted octanol–water partition coefficient (Wildman–Crippen LogP) is 5.70. The van der Waals surface area contributed by atoms with Gasteiger partial charge in [0.15, 0.2) is 0 Å². The van der Waals surface area contributed by atoms with E-state index in [-0.39, 0.29) is 17.3 Å². The van der Waals surface area contributed by atoms with Crippen molar-refractivity contribution in [3.05, 3.63) is 0 Å². The molecule has 0 amide bonds. The molecule has 0 unspecified atom stereocenters. The highest BCUT2D eigenvalue weighted by Crippen LogP contribution is 2.68. The minimum absolute atomic E-state index is 0.215. The molecule has 4 nitrogen and oxygen atoms in total. The van der Waals surface area contributed by atoms with E-state index in [1.54, 1.807) is 0 Å². The number of hydrogen-bond acceptors (Lipinski definition) is 4. The molecule has 4 fully saturated rings. The van der Waals surface area contributed by atoms with E-state index in [1.165, 1.54) is 39.0 Å². The molecule has 184 valence electrons. The molecule has 0 spiro atoms.